The van der Waals surface area contributed by atoms with Gasteiger partial charge in [0.1, 0.15) is 5.82 Å². The van der Waals surface area contributed by atoms with Crippen LogP contribution in [0.25, 0.3) is 0 Å². The zero-order valence-corrected chi connectivity index (χ0v) is 17.8. The van der Waals surface area contributed by atoms with Crippen molar-refractivity contribution in [2.75, 3.05) is 36.4 Å². The van der Waals surface area contributed by atoms with Crippen LogP contribution >= 0.6 is 11.3 Å². The topological polar surface area (TPSA) is 78.4 Å². The number of carbonyl (C=O) groups excluding carboxylic acids is 2. The smallest absolute Gasteiger partial charge is 0.227 e. The number of benzene rings is 1. The summed E-state index contributed by atoms with van der Waals surface area (Å²) in [5.74, 6) is 1.41. The van der Waals surface area contributed by atoms with Crippen LogP contribution in [-0.2, 0) is 11.2 Å². The molecule has 0 spiro atoms. The average Bonchev–Trinajstić information content (AvgIpc) is 3.34. The fourth-order valence-corrected chi connectivity index (χ4v) is 5.04. The average molecular weight is 434 g/mol. The number of nitrogens with one attached hydrogen (secondary N) is 1. The molecule has 1 amide bonds. The summed E-state index contributed by atoms with van der Waals surface area (Å²) in [4.78, 5) is 39.0. The zero-order chi connectivity index (χ0) is 21.2. The van der Waals surface area contributed by atoms with Crippen molar-refractivity contribution in [2.45, 2.75) is 18.8 Å². The van der Waals surface area contributed by atoms with Gasteiger partial charge < -0.3 is 15.1 Å². The normalized spacial score (nSPS) is 18.6. The van der Waals surface area contributed by atoms with Crippen molar-refractivity contribution in [3.05, 3.63) is 64.0 Å². The first-order valence-corrected chi connectivity index (χ1v) is 11.3. The van der Waals surface area contributed by atoms with Gasteiger partial charge in [0.15, 0.2) is 5.78 Å². The second-order valence-corrected chi connectivity index (χ2v) is 8.84. The van der Waals surface area contributed by atoms with Crippen molar-refractivity contribution in [3.8, 4) is 0 Å². The lowest BCUT2D eigenvalue weighted by atomic mass is 9.85. The van der Waals surface area contributed by atoms with Crippen LogP contribution in [0.1, 0.15) is 33.3 Å². The molecule has 31 heavy (non-hydrogen) atoms. The number of ketones is 1. The van der Waals surface area contributed by atoms with Gasteiger partial charge in [0, 0.05) is 49.1 Å². The van der Waals surface area contributed by atoms with E-state index in [4.69, 9.17) is 9.97 Å². The standard InChI is InChI=1S/C23H23N5O2S/c29-15-27-8-10-28(11-9-27)23-25-18-13-16(20-7-4-12-31-20)14-19(30)21(18)22(26-23)24-17-5-2-1-3-6-17/h1-7,12,15-16H,8-11,13-14H2,(H,24,25,26). The number of anilines is 3. The Morgan fingerprint density at radius 1 is 1.00 bits per heavy atom. The van der Waals surface area contributed by atoms with Crippen LogP contribution < -0.4 is 10.2 Å². The highest BCUT2D eigenvalue weighted by Gasteiger charge is 2.32. The Morgan fingerprint density at radius 2 is 1.81 bits per heavy atom. The summed E-state index contributed by atoms with van der Waals surface area (Å²) in [7, 11) is 0. The summed E-state index contributed by atoms with van der Waals surface area (Å²) in [6.45, 7) is 2.62. The Balaban J connectivity index is 1.53. The summed E-state index contributed by atoms with van der Waals surface area (Å²) in [5.41, 5.74) is 2.29. The van der Waals surface area contributed by atoms with Gasteiger partial charge in [0.25, 0.3) is 0 Å². The van der Waals surface area contributed by atoms with Crippen LogP contribution in [0.4, 0.5) is 17.5 Å². The van der Waals surface area contributed by atoms with E-state index in [0.717, 1.165) is 24.2 Å². The molecular formula is C23H23N5O2S. The molecule has 1 fully saturated rings. The monoisotopic (exact) mass is 433 g/mol. The molecular weight excluding hydrogens is 410 g/mol. The van der Waals surface area contributed by atoms with E-state index in [2.05, 4.69) is 21.7 Å². The number of aromatic nitrogens is 2. The highest BCUT2D eigenvalue weighted by Crippen LogP contribution is 2.37. The molecule has 7 nitrogen and oxygen atoms in total. The van der Waals surface area contributed by atoms with Gasteiger partial charge in [-0.3, -0.25) is 9.59 Å². The summed E-state index contributed by atoms with van der Waals surface area (Å²) in [6.07, 6.45) is 2.07. The van der Waals surface area contributed by atoms with E-state index in [-0.39, 0.29) is 11.7 Å². The number of Topliss-reactive ketones (excluding diaryl/α,β-unsaturated/α-hetero) is 1. The van der Waals surface area contributed by atoms with E-state index in [0.29, 0.717) is 49.9 Å². The van der Waals surface area contributed by atoms with Crippen LogP contribution in [0, 0.1) is 0 Å². The van der Waals surface area contributed by atoms with Crippen molar-refractivity contribution >= 4 is 41.0 Å². The lowest BCUT2D eigenvalue weighted by Crippen LogP contribution is -2.46. The number of amides is 1. The van der Waals surface area contributed by atoms with Gasteiger partial charge in [-0.25, -0.2) is 4.98 Å². The van der Waals surface area contributed by atoms with Crippen molar-refractivity contribution in [3.63, 3.8) is 0 Å². The van der Waals surface area contributed by atoms with Crippen LogP contribution in [0.15, 0.2) is 47.8 Å². The Labute approximate surface area is 184 Å². The number of nitrogens with zero attached hydrogens (tertiary/aromatic N) is 4. The minimum Gasteiger partial charge on any atom is -0.342 e. The molecule has 3 aromatic rings. The van der Waals surface area contributed by atoms with Gasteiger partial charge in [-0.1, -0.05) is 24.3 Å². The third kappa shape index (κ3) is 4.03. The molecule has 1 N–H and O–H groups in total. The SMILES string of the molecule is O=CN1CCN(c2nc3c(c(Nc4ccccc4)n2)C(=O)CC(c2cccs2)C3)CC1. The zero-order valence-electron chi connectivity index (χ0n) is 17.0. The molecule has 2 aliphatic rings. The molecule has 1 aromatic carbocycles. The molecule has 1 aliphatic heterocycles. The van der Waals surface area contributed by atoms with Crippen LogP contribution in [0.2, 0.25) is 0 Å². The first kappa shape index (κ1) is 19.7. The second-order valence-electron chi connectivity index (χ2n) is 7.86. The van der Waals surface area contributed by atoms with Gasteiger partial charge in [-0.2, -0.15) is 4.98 Å². The van der Waals surface area contributed by atoms with E-state index >= 15 is 0 Å². The maximum atomic E-state index is 13.2. The van der Waals surface area contributed by atoms with Crippen molar-refractivity contribution < 1.29 is 9.59 Å². The number of rotatable bonds is 5. The minimum absolute atomic E-state index is 0.0791. The Bertz CT molecular complexity index is 1080. The lowest BCUT2D eigenvalue weighted by Gasteiger charge is -2.33. The van der Waals surface area contributed by atoms with Crippen LogP contribution in [0.3, 0.4) is 0 Å². The third-order valence-electron chi connectivity index (χ3n) is 5.85. The molecule has 0 saturated carbocycles. The summed E-state index contributed by atoms with van der Waals surface area (Å²) in [6, 6.07) is 13.9. The maximum Gasteiger partial charge on any atom is 0.227 e. The molecule has 8 heteroatoms. The van der Waals surface area contributed by atoms with E-state index < -0.39 is 0 Å². The molecule has 0 bridgehead atoms. The largest absolute Gasteiger partial charge is 0.342 e. The second kappa shape index (κ2) is 8.47. The third-order valence-corrected chi connectivity index (χ3v) is 6.89. The number of piperazine rings is 1. The summed E-state index contributed by atoms with van der Waals surface area (Å²) in [5, 5.41) is 5.40. The first-order valence-electron chi connectivity index (χ1n) is 10.4. The van der Waals surface area contributed by atoms with E-state index in [9.17, 15) is 9.59 Å². The molecule has 1 unspecified atom stereocenters. The van der Waals surface area contributed by atoms with Crippen LogP contribution in [-0.4, -0.2) is 53.2 Å². The highest BCUT2D eigenvalue weighted by atomic mass is 32.1. The molecule has 1 atom stereocenters. The Morgan fingerprint density at radius 3 is 2.52 bits per heavy atom. The number of hydrogen-bond acceptors (Lipinski definition) is 7. The Hall–Kier alpha value is -3.26. The summed E-state index contributed by atoms with van der Waals surface area (Å²) >= 11 is 1.69. The number of fused-ring (bicyclic) bond motifs is 1. The number of hydrogen-bond donors (Lipinski definition) is 1. The maximum absolute atomic E-state index is 13.2. The minimum atomic E-state index is 0.0791. The molecule has 5 rings (SSSR count). The van der Waals surface area contributed by atoms with Crippen molar-refractivity contribution in [2.24, 2.45) is 0 Å². The van der Waals surface area contributed by atoms with E-state index in [1.54, 1.807) is 16.2 Å². The highest BCUT2D eigenvalue weighted by molar-refractivity contribution is 7.10. The molecule has 3 heterocycles. The molecule has 2 aromatic heterocycles. The molecule has 1 saturated heterocycles. The van der Waals surface area contributed by atoms with Crippen molar-refractivity contribution in [1.82, 2.24) is 14.9 Å². The fraction of sp³-hybridized carbons (Fsp3) is 0.304. The van der Waals surface area contributed by atoms with Gasteiger partial charge in [0.2, 0.25) is 12.4 Å². The predicted molar refractivity (Wildman–Crippen MR) is 121 cm³/mol. The van der Waals surface area contributed by atoms with Crippen LogP contribution in [0.5, 0.6) is 0 Å². The quantitative estimate of drug-likeness (QED) is 0.621. The van der Waals surface area contributed by atoms with Gasteiger partial charge in [-0.05, 0) is 30.0 Å². The van der Waals surface area contributed by atoms with Gasteiger partial charge in [-0.15, -0.1) is 11.3 Å². The number of thiophene rings is 1. The van der Waals surface area contributed by atoms with E-state index in [1.165, 1.54) is 4.88 Å². The summed E-state index contributed by atoms with van der Waals surface area (Å²) < 4.78 is 0. The lowest BCUT2D eigenvalue weighted by molar-refractivity contribution is -0.118. The Kier molecular flexibility index (Phi) is 5.38. The van der Waals surface area contributed by atoms with Gasteiger partial charge in [0.05, 0.1) is 11.3 Å². The van der Waals surface area contributed by atoms with Gasteiger partial charge >= 0.3 is 0 Å². The fourth-order valence-electron chi connectivity index (χ4n) is 4.21. The predicted octanol–water partition coefficient (Wildman–Crippen LogP) is 3.47. The number of carbonyl (C=O) groups is 2. The number of para-hydroxylation sites is 1. The van der Waals surface area contributed by atoms with Crippen molar-refractivity contribution in [1.29, 1.82) is 0 Å². The van der Waals surface area contributed by atoms with E-state index in [1.807, 2.05) is 36.4 Å². The first-order chi connectivity index (χ1) is 15.2. The molecule has 0 radical (unpaired) electrons. The molecule has 1 aliphatic carbocycles. The molecule has 158 valence electrons.